The molecule has 19 heavy (non-hydrogen) atoms. The van der Waals surface area contributed by atoms with Crippen molar-refractivity contribution in [3.05, 3.63) is 34.6 Å². The van der Waals surface area contributed by atoms with Gasteiger partial charge in [0, 0.05) is 0 Å². The summed E-state index contributed by atoms with van der Waals surface area (Å²) in [6.45, 7) is 0. The van der Waals surface area contributed by atoms with Crippen LogP contribution in [0.15, 0.2) is 18.2 Å². The quantitative estimate of drug-likeness (QED) is 0.723. The molecule has 0 saturated heterocycles. The van der Waals surface area contributed by atoms with Crippen molar-refractivity contribution in [2.24, 2.45) is 5.41 Å². The monoisotopic (exact) mass is 279 g/mol. The maximum absolute atomic E-state index is 13.5. The molecule has 0 radical (unpaired) electrons. The topological polar surface area (TPSA) is 23.8 Å². The van der Waals surface area contributed by atoms with Gasteiger partial charge in [-0.3, -0.25) is 0 Å². The lowest BCUT2D eigenvalue weighted by atomic mass is 9.73. The van der Waals surface area contributed by atoms with Gasteiger partial charge in [-0.05, 0) is 30.9 Å². The molecule has 0 amide bonds. The second-order valence-corrected chi connectivity index (χ2v) is 5.93. The number of benzene rings is 1. The third kappa shape index (κ3) is 3.48. The lowest BCUT2D eigenvalue weighted by Gasteiger charge is -2.29. The van der Waals surface area contributed by atoms with E-state index < -0.39 is 5.82 Å². The minimum atomic E-state index is -0.391. The number of nitriles is 1. The maximum Gasteiger partial charge on any atom is 0.142 e. The van der Waals surface area contributed by atoms with Crippen molar-refractivity contribution < 1.29 is 4.39 Å². The largest absolute Gasteiger partial charge is 0.205 e. The van der Waals surface area contributed by atoms with Crippen molar-refractivity contribution in [3.8, 4) is 6.07 Å². The van der Waals surface area contributed by atoms with Crippen molar-refractivity contribution in [3.63, 3.8) is 0 Å². The zero-order valence-electron chi connectivity index (χ0n) is 11.1. The zero-order valence-corrected chi connectivity index (χ0v) is 11.8. The molecule has 102 valence electrons. The molecule has 0 N–H and O–H groups in total. The van der Waals surface area contributed by atoms with Crippen LogP contribution in [0.2, 0.25) is 5.02 Å². The SMILES string of the molecule is N#CC1(Cc2cccc(F)c2Cl)CCCCCCC1. The maximum atomic E-state index is 13.5. The second kappa shape index (κ2) is 6.39. The van der Waals surface area contributed by atoms with Crippen LogP contribution in [0.25, 0.3) is 0 Å². The molecule has 0 bridgehead atoms. The number of hydrogen-bond donors (Lipinski definition) is 0. The molecule has 0 heterocycles. The molecule has 0 spiro atoms. The minimum Gasteiger partial charge on any atom is -0.205 e. The summed E-state index contributed by atoms with van der Waals surface area (Å²) in [4.78, 5) is 0. The normalized spacial score (nSPS) is 19.2. The average Bonchev–Trinajstić information content (AvgIpc) is 2.38. The van der Waals surface area contributed by atoms with E-state index in [0.717, 1.165) is 31.2 Å². The molecular weight excluding hydrogens is 261 g/mol. The highest BCUT2D eigenvalue weighted by molar-refractivity contribution is 6.31. The van der Waals surface area contributed by atoms with E-state index in [1.54, 1.807) is 6.07 Å². The van der Waals surface area contributed by atoms with Crippen molar-refractivity contribution in [2.75, 3.05) is 0 Å². The summed E-state index contributed by atoms with van der Waals surface area (Å²) in [6, 6.07) is 7.37. The van der Waals surface area contributed by atoms with Gasteiger partial charge in [-0.15, -0.1) is 0 Å². The Hall–Kier alpha value is -1.07. The Morgan fingerprint density at radius 1 is 1.16 bits per heavy atom. The van der Waals surface area contributed by atoms with E-state index in [0.29, 0.717) is 6.42 Å². The van der Waals surface area contributed by atoms with Gasteiger partial charge in [-0.1, -0.05) is 55.8 Å². The molecule has 2 rings (SSSR count). The van der Waals surface area contributed by atoms with Crippen LogP contribution in [0.1, 0.15) is 50.5 Å². The van der Waals surface area contributed by atoms with E-state index in [-0.39, 0.29) is 10.4 Å². The lowest BCUT2D eigenvalue weighted by Crippen LogP contribution is -2.23. The van der Waals surface area contributed by atoms with Crippen LogP contribution >= 0.6 is 11.6 Å². The summed E-state index contributed by atoms with van der Waals surface area (Å²) >= 11 is 6.02. The Kier molecular flexibility index (Phi) is 4.82. The first-order valence-electron chi connectivity index (χ1n) is 7.01. The minimum absolute atomic E-state index is 0.180. The molecule has 1 aliphatic rings. The molecule has 0 aliphatic heterocycles. The van der Waals surface area contributed by atoms with Gasteiger partial charge >= 0.3 is 0 Å². The smallest absolute Gasteiger partial charge is 0.142 e. The van der Waals surface area contributed by atoms with Gasteiger partial charge in [0.1, 0.15) is 5.82 Å². The number of hydrogen-bond acceptors (Lipinski definition) is 1. The first-order chi connectivity index (χ1) is 9.17. The molecule has 0 unspecified atom stereocenters. The Morgan fingerprint density at radius 3 is 2.42 bits per heavy atom. The molecule has 1 aromatic rings. The van der Waals surface area contributed by atoms with Gasteiger partial charge < -0.3 is 0 Å². The van der Waals surface area contributed by atoms with Crippen LogP contribution in [-0.2, 0) is 6.42 Å². The number of nitrogens with zero attached hydrogens (tertiary/aromatic N) is 1. The summed E-state index contributed by atoms with van der Waals surface area (Å²) in [5, 5.41) is 9.77. The van der Waals surface area contributed by atoms with Gasteiger partial charge in [-0.2, -0.15) is 5.26 Å². The Bertz CT molecular complexity index is 470. The zero-order chi connectivity index (χ0) is 13.7. The molecule has 1 fully saturated rings. The summed E-state index contributed by atoms with van der Waals surface area (Å²) in [7, 11) is 0. The van der Waals surface area contributed by atoms with E-state index in [4.69, 9.17) is 11.6 Å². The lowest BCUT2D eigenvalue weighted by molar-refractivity contribution is 0.287. The van der Waals surface area contributed by atoms with Crippen LogP contribution in [0.5, 0.6) is 0 Å². The van der Waals surface area contributed by atoms with Crippen LogP contribution in [-0.4, -0.2) is 0 Å². The standard InChI is InChI=1S/C16H19ClFN/c17-15-13(7-6-8-14(15)18)11-16(12-19)9-4-2-1-3-5-10-16/h6-8H,1-5,9-11H2. The van der Waals surface area contributed by atoms with E-state index in [9.17, 15) is 9.65 Å². The highest BCUT2D eigenvalue weighted by atomic mass is 35.5. The summed E-state index contributed by atoms with van der Waals surface area (Å²) < 4.78 is 13.5. The highest BCUT2D eigenvalue weighted by Crippen LogP contribution is 2.38. The predicted octanol–water partition coefficient (Wildman–Crippen LogP) is 5.28. The Morgan fingerprint density at radius 2 is 1.79 bits per heavy atom. The van der Waals surface area contributed by atoms with E-state index in [1.807, 2.05) is 6.07 Å². The first kappa shape index (κ1) is 14.3. The van der Waals surface area contributed by atoms with Crippen LogP contribution < -0.4 is 0 Å². The van der Waals surface area contributed by atoms with Gasteiger partial charge in [-0.25, -0.2) is 4.39 Å². The van der Waals surface area contributed by atoms with E-state index >= 15 is 0 Å². The Labute approximate surface area is 119 Å². The van der Waals surface area contributed by atoms with Crippen molar-refractivity contribution >= 4 is 11.6 Å². The fourth-order valence-electron chi connectivity index (χ4n) is 2.96. The molecule has 1 aromatic carbocycles. The summed E-state index contributed by atoms with van der Waals surface area (Å²) in [5.74, 6) is -0.391. The molecule has 1 nitrogen and oxygen atoms in total. The molecule has 1 saturated carbocycles. The predicted molar refractivity (Wildman–Crippen MR) is 75.5 cm³/mol. The van der Waals surface area contributed by atoms with Gasteiger partial charge in [0.2, 0.25) is 0 Å². The highest BCUT2D eigenvalue weighted by Gasteiger charge is 2.31. The molecular formula is C16H19ClFN. The fourth-order valence-corrected chi connectivity index (χ4v) is 3.15. The third-order valence-electron chi connectivity index (χ3n) is 4.11. The van der Waals surface area contributed by atoms with Crippen molar-refractivity contribution in [2.45, 2.75) is 51.4 Å². The second-order valence-electron chi connectivity index (χ2n) is 5.55. The Balaban J connectivity index is 2.21. The van der Waals surface area contributed by atoms with Crippen LogP contribution in [0.3, 0.4) is 0 Å². The summed E-state index contributed by atoms with van der Waals surface area (Å²) in [6.07, 6.45) is 8.19. The molecule has 3 heteroatoms. The van der Waals surface area contributed by atoms with Crippen molar-refractivity contribution in [1.29, 1.82) is 5.26 Å². The van der Waals surface area contributed by atoms with Gasteiger partial charge in [0.25, 0.3) is 0 Å². The third-order valence-corrected chi connectivity index (χ3v) is 4.53. The van der Waals surface area contributed by atoms with Crippen LogP contribution in [0, 0.1) is 22.6 Å². The summed E-state index contributed by atoms with van der Waals surface area (Å²) in [5.41, 5.74) is 0.404. The van der Waals surface area contributed by atoms with Crippen LogP contribution in [0.4, 0.5) is 4.39 Å². The molecule has 0 aromatic heterocycles. The van der Waals surface area contributed by atoms with E-state index in [2.05, 4.69) is 6.07 Å². The van der Waals surface area contributed by atoms with Gasteiger partial charge in [0.15, 0.2) is 0 Å². The fraction of sp³-hybridized carbons (Fsp3) is 0.562. The number of halogens is 2. The number of rotatable bonds is 2. The molecule has 0 atom stereocenters. The van der Waals surface area contributed by atoms with E-state index in [1.165, 1.54) is 25.3 Å². The molecule has 1 aliphatic carbocycles. The average molecular weight is 280 g/mol. The van der Waals surface area contributed by atoms with Gasteiger partial charge in [0.05, 0.1) is 16.5 Å². The van der Waals surface area contributed by atoms with Crippen molar-refractivity contribution in [1.82, 2.24) is 0 Å². The first-order valence-corrected chi connectivity index (χ1v) is 7.39.